The second-order valence-corrected chi connectivity index (χ2v) is 4.07. The maximum absolute atomic E-state index is 2.47. The van der Waals surface area contributed by atoms with E-state index in [0.717, 1.165) is 0 Å². The average molecular weight is 162 g/mol. The summed E-state index contributed by atoms with van der Waals surface area (Å²) in [5.41, 5.74) is 5.17. The van der Waals surface area contributed by atoms with Crippen LogP contribution in [0.3, 0.4) is 0 Å². The number of unbranched alkanes of at least 4 members (excludes halogenated alkanes) is 2. The predicted molar refractivity (Wildman–Crippen MR) is 53.1 cm³/mol. The molecular weight excluding hydrogens is 144 g/mol. The van der Waals surface area contributed by atoms with Gasteiger partial charge in [-0.15, -0.1) is 0 Å². The molecule has 0 unspecified atom stereocenters. The SMILES string of the molecule is CCCCCC1=C2CCC(=C1)C2. The molecule has 12 heavy (non-hydrogen) atoms. The fraction of sp³-hybridized carbons (Fsp3) is 0.667. The minimum absolute atomic E-state index is 1.33. The van der Waals surface area contributed by atoms with Crippen LogP contribution in [0.15, 0.2) is 22.8 Å². The van der Waals surface area contributed by atoms with E-state index < -0.39 is 0 Å². The van der Waals surface area contributed by atoms with Crippen LogP contribution in [0.25, 0.3) is 0 Å². The van der Waals surface area contributed by atoms with Crippen molar-refractivity contribution in [3.05, 3.63) is 22.8 Å². The Hall–Kier alpha value is -0.520. The molecule has 66 valence electrons. The number of hydrogen-bond acceptors (Lipinski definition) is 0. The molecule has 1 fully saturated rings. The van der Waals surface area contributed by atoms with E-state index in [4.69, 9.17) is 0 Å². The van der Waals surface area contributed by atoms with Gasteiger partial charge in [0.15, 0.2) is 0 Å². The van der Waals surface area contributed by atoms with Crippen LogP contribution in [0, 0.1) is 0 Å². The second kappa shape index (κ2) is 3.47. The summed E-state index contributed by atoms with van der Waals surface area (Å²) in [4.78, 5) is 0. The van der Waals surface area contributed by atoms with Gasteiger partial charge in [0.05, 0.1) is 0 Å². The van der Waals surface area contributed by atoms with Gasteiger partial charge in [0.25, 0.3) is 0 Å². The average Bonchev–Trinajstić information content (AvgIpc) is 2.65. The molecule has 0 heteroatoms. The highest BCUT2D eigenvalue weighted by Crippen LogP contribution is 2.40. The van der Waals surface area contributed by atoms with Crippen LogP contribution in [0.1, 0.15) is 51.9 Å². The third kappa shape index (κ3) is 1.48. The third-order valence-electron chi connectivity index (χ3n) is 3.07. The van der Waals surface area contributed by atoms with Crippen molar-refractivity contribution in [2.45, 2.75) is 51.9 Å². The number of rotatable bonds is 4. The van der Waals surface area contributed by atoms with E-state index in [1.54, 1.807) is 16.7 Å². The fourth-order valence-electron chi connectivity index (χ4n) is 2.32. The van der Waals surface area contributed by atoms with Gasteiger partial charge in [0, 0.05) is 0 Å². The number of hydrogen-bond donors (Lipinski definition) is 0. The first-order valence-electron chi connectivity index (χ1n) is 5.30. The van der Waals surface area contributed by atoms with Gasteiger partial charge in [0.1, 0.15) is 0 Å². The van der Waals surface area contributed by atoms with Gasteiger partial charge in [-0.2, -0.15) is 0 Å². The molecule has 0 N–H and O–H groups in total. The van der Waals surface area contributed by atoms with Crippen LogP contribution in [0.2, 0.25) is 0 Å². The normalized spacial score (nSPS) is 20.6. The maximum atomic E-state index is 2.47. The summed E-state index contributed by atoms with van der Waals surface area (Å²) in [6, 6.07) is 0. The molecule has 0 heterocycles. The van der Waals surface area contributed by atoms with Crippen molar-refractivity contribution >= 4 is 0 Å². The molecule has 1 saturated carbocycles. The van der Waals surface area contributed by atoms with Crippen molar-refractivity contribution in [3.63, 3.8) is 0 Å². The zero-order chi connectivity index (χ0) is 8.39. The van der Waals surface area contributed by atoms with Gasteiger partial charge in [-0.05, 0) is 37.7 Å². The minimum Gasteiger partial charge on any atom is -0.0656 e. The highest BCUT2D eigenvalue weighted by atomic mass is 14.3. The van der Waals surface area contributed by atoms with E-state index in [9.17, 15) is 0 Å². The fourth-order valence-corrected chi connectivity index (χ4v) is 2.32. The molecule has 0 radical (unpaired) electrons. The predicted octanol–water partition coefficient (Wildman–Crippen LogP) is 3.99. The lowest BCUT2D eigenvalue weighted by molar-refractivity contribution is 0.714. The second-order valence-electron chi connectivity index (χ2n) is 4.07. The Morgan fingerprint density at radius 3 is 2.75 bits per heavy atom. The standard InChI is InChI=1S/C12H18/c1-2-3-4-5-11-8-10-6-7-12(11)9-10/h8H,2-7,9H2,1H3. The largest absolute Gasteiger partial charge is 0.0656 e. The first-order chi connectivity index (χ1) is 5.90. The van der Waals surface area contributed by atoms with Crippen molar-refractivity contribution in [2.75, 3.05) is 0 Å². The van der Waals surface area contributed by atoms with Crippen LogP contribution >= 0.6 is 0 Å². The van der Waals surface area contributed by atoms with Gasteiger partial charge >= 0.3 is 0 Å². The van der Waals surface area contributed by atoms with Gasteiger partial charge in [0.2, 0.25) is 0 Å². The molecule has 2 bridgehead atoms. The molecule has 0 aliphatic heterocycles. The van der Waals surface area contributed by atoms with E-state index in [-0.39, 0.29) is 0 Å². The lowest BCUT2D eigenvalue weighted by Gasteiger charge is -2.05. The van der Waals surface area contributed by atoms with Crippen molar-refractivity contribution in [1.82, 2.24) is 0 Å². The lowest BCUT2D eigenvalue weighted by Crippen LogP contribution is -1.85. The molecule has 0 aromatic carbocycles. The summed E-state index contributed by atoms with van der Waals surface area (Å²) < 4.78 is 0. The zero-order valence-corrected chi connectivity index (χ0v) is 8.03. The van der Waals surface area contributed by atoms with Gasteiger partial charge in [-0.25, -0.2) is 0 Å². The Kier molecular flexibility index (Phi) is 2.34. The summed E-state index contributed by atoms with van der Waals surface area (Å²) in [6.45, 7) is 2.27. The topological polar surface area (TPSA) is 0 Å². The molecule has 0 nitrogen and oxygen atoms in total. The van der Waals surface area contributed by atoms with E-state index in [2.05, 4.69) is 13.0 Å². The molecule has 2 rings (SSSR count). The van der Waals surface area contributed by atoms with E-state index in [1.165, 1.54) is 44.9 Å². The molecule has 2 aliphatic carbocycles. The van der Waals surface area contributed by atoms with E-state index >= 15 is 0 Å². The maximum Gasteiger partial charge on any atom is -0.00992 e. The van der Waals surface area contributed by atoms with E-state index in [1.807, 2.05) is 0 Å². The van der Waals surface area contributed by atoms with Crippen molar-refractivity contribution in [2.24, 2.45) is 0 Å². The first-order valence-corrected chi connectivity index (χ1v) is 5.30. The van der Waals surface area contributed by atoms with Gasteiger partial charge in [-0.1, -0.05) is 37.0 Å². The summed E-state index contributed by atoms with van der Waals surface area (Å²) in [7, 11) is 0. The summed E-state index contributed by atoms with van der Waals surface area (Å²) in [6.07, 6.45) is 12.1. The van der Waals surface area contributed by atoms with Crippen molar-refractivity contribution in [3.8, 4) is 0 Å². The number of allylic oxidation sites excluding steroid dienone is 4. The highest BCUT2D eigenvalue weighted by molar-refractivity contribution is 5.43. The molecule has 0 aromatic heterocycles. The van der Waals surface area contributed by atoms with Crippen LogP contribution in [-0.2, 0) is 0 Å². The smallest absolute Gasteiger partial charge is 0.00992 e. The summed E-state index contributed by atoms with van der Waals surface area (Å²) >= 11 is 0. The Balaban J connectivity index is 1.86. The van der Waals surface area contributed by atoms with Crippen LogP contribution in [0.4, 0.5) is 0 Å². The molecular formula is C12H18. The van der Waals surface area contributed by atoms with Crippen LogP contribution < -0.4 is 0 Å². The molecule has 0 atom stereocenters. The monoisotopic (exact) mass is 162 g/mol. The minimum atomic E-state index is 1.33. The molecule has 0 amide bonds. The number of fused-ring (bicyclic) bond motifs is 2. The van der Waals surface area contributed by atoms with E-state index in [0.29, 0.717) is 0 Å². The molecule has 2 aliphatic rings. The summed E-state index contributed by atoms with van der Waals surface area (Å²) in [5, 5.41) is 0. The van der Waals surface area contributed by atoms with Crippen molar-refractivity contribution in [1.29, 1.82) is 0 Å². The van der Waals surface area contributed by atoms with Crippen LogP contribution in [0.5, 0.6) is 0 Å². The van der Waals surface area contributed by atoms with Crippen LogP contribution in [-0.4, -0.2) is 0 Å². The third-order valence-corrected chi connectivity index (χ3v) is 3.07. The highest BCUT2D eigenvalue weighted by Gasteiger charge is 2.21. The Morgan fingerprint density at radius 1 is 1.25 bits per heavy atom. The lowest BCUT2D eigenvalue weighted by atomic mass is 10.0. The Morgan fingerprint density at radius 2 is 2.17 bits per heavy atom. The molecule has 0 saturated heterocycles. The quantitative estimate of drug-likeness (QED) is 0.548. The molecule has 0 spiro atoms. The van der Waals surface area contributed by atoms with Gasteiger partial charge < -0.3 is 0 Å². The zero-order valence-electron chi connectivity index (χ0n) is 8.03. The Labute approximate surface area is 75.4 Å². The first kappa shape index (κ1) is 8.10. The van der Waals surface area contributed by atoms with Gasteiger partial charge in [-0.3, -0.25) is 0 Å². The Bertz CT molecular complexity index is 230. The molecule has 0 aromatic rings. The summed E-state index contributed by atoms with van der Waals surface area (Å²) in [5.74, 6) is 0. The van der Waals surface area contributed by atoms with Crippen molar-refractivity contribution < 1.29 is 0 Å².